The zero-order valence-electron chi connectivity index (χ0n) is 17.4. The number of benzene rings is 2. The van der Waals surface area contributed by atoms with E-state index in [2.05, 4.69) is 17.4 Å². The van der Waals surface area contributed by atoms with E-state index >= 15 is 0 Å². The Morgan fingerprint density at radius 1 is 0.933 bits per heavy atom. The molecule has 2 aromatic rings. The Kier molecular flexibility index (Phi) is 6.21. The van der Waals surface area contributed by atoms with Gasteiger partial charge in [-0.2, -0.15) is 0 Å². The van der Waals surface area contributed by atoms with E-state index in [1.54, 1.807) is 7.11 Å². The number of carbonyl (C=O) groups is 2. The Labute approximate surface area is 177 Å². The normalized spacial score (nSPS) is 19.6. The number of nitrogens with one attached hydrogen (secondary N) is 1. The number of ether oxygens (including phenoxy) is 1. The number of likely N-dealkylation sites (tertiary alicyclic amines) is 2. The molecule has 158 valence electrons. The van der Waals surface area contributed by atoms with Gasteiger partial charge in [0.25, 0.3) is 0 Å². The fourth-order valence-electron chi connectivity index (χ4n) is 4.49. The van der Waals surface area contributed by atoms with Crippen molar-refractivity contribution in [2.75, 3.05) is 32.1 Å². The molecule has 6 heteroatoms. The molecule has 3 amide bonds. The van der Waals surface area contributed by atoms with Crippen molar-refractivity contribution in [3.63, 3.8) is 0 Å². The number of urea groups is 1. The maximum atomic E-state index is 13.3. The molecule has 2 aromatic carbocycles. The van der Waals surface area contributed by atoms with Crippen LogP contribution in [0.1, 0.15) is 37.3 Å². The second-order valence-electron chi connectivity index (χ2n) is 8.02. The molecule has 0 aliphatic carbocycles. The summed E-state index contributed by atoms with van der Waals surface area (Å²) in [5.74, 6) is 1.05. The monoisotopic (exact) mass is 407 g/mol. The van der Waals surface area contributed by atoms with E-state index in [9.17, 15) is 9.59 Å². The third-order valence-electron chi connectivity index (χ3n) is 6.19. The molecule has 0 unspecified atom stereocenters. The summed E-state index contributed by atoms with van der Waals surface area (Å²) in [5.41, 5.74) is 1.96. The molecular weight excluding hydrogens is 378 g/mol. The number of methoxy groups -OCH3 is 1. The number of hydrogen-bond acceptors (Lipinski definition) is 3. The van der Waals surface area contributed by atoms with Crippen LogP contribution in [0.2, 0.25) is 0 Å². The minimum absolute atomic E-state index is 0.00961. The molecule has 0 radical (unpaired) electrons. The van der Waals surface area contributed by atoms with E-state index in [0.717, 1.165) is 30.8 Å². The van der Waals surface area contributed by atoms with Crippen LogP contribution in [-0.4, -0.2) is 48.5 Å². The van der Waals surface area contributed by atoms with Gasteiger partial charge >= 0.3 is 6.03 Å². The van der Waals surface area contributed by atoms with Gasteiger partial charge in [-0.25, -0.2) is 4.79 Å². The maximum Gasteiger partial charge on any atom is 0.321 e. The highest BCUT2D eigenvalue weighted by atomic mass is 16.5. The van der Waals surface area contributed by atoms with Gasteiger partial charge in [0.2, 0.25) is 5.91 Å². The van der Waals surface area contributed by atoms with Crippen LogP contribution in [0.15, 0.2) is 54.6 Å². The van der Waals surface area contributed by atoms with Gasteiger partial charge < -0.3 is 19.9 Å². The van der Waals surface area contributed by atoms with E-state index in [1.807, 2.05) is 52.3 Å². The number of carbonyl (C=O) groups excluding carboxylic acids is 2. The van der Waals surface area contributed by atoms with Crippen molar-refractivity contribution in [2.24, 2.45) is 5.92 Å². The number of amides is 3. The van der Waals surface area contributed by atoms with E-state index in [4.69, 9.17) is 4.74 Å². The first-order valence-corrected chi connectivity index (χ1v) is 10.7. The van der Waals surface area contributed by atoms with Gasteiger partial charge in [0.1, 0.15) is 5.75 Å². The largest absolute Gasteiger partial charge is 0.497 e. The molecule has 0 saturated carbocycles. The first-order chi connectivity index (χ1) is 14.7. The lowest BCUT2D eigenvalue weighted by molar-refractivity contribution is -0.137. The third kappa shape index (κ3) is 4.42. The highest BCUT2D eigenvalue weighted by Crippen LogP contribution is 2.35. The summed E-state index contributed by atoms with van der Waals surface area (Å²) in [5, 5.41) is 2.93. The van der Waals surface area contributed by atoms with E-state index < -0.39 is 0 Å². The summed E-state index contributed by atoms with van der Waals surface area (Å²) >= 11 is 0. The summed E-state index contributed by atoms with van der Waals surface area (Å²) < 4.78 is 5.25. The summed E-state index contributed by atoms with van der Waals surface area (Å²) in [4.78, 5) is 29.6. The van der Waals surface area contributed by atoms with Crippen LogP contribution in [0.3, 0.4) is 0 Å². The fraction of sp³-hybridized carbons (Fsp3) is 0.417. The zero-order chi connectivity index (χ0) is 20.9. The minimum Gasteiger partial charge on any atom is -0.497 e. The molecule has 1 N–H and O–H groups in total. The molecule has 2 aliphatic rings. The number of anilines is 1. The Morgan fingerprint density at radius 3 is 2.30 bits per heavy atom. The van der Waals surface area contributed by atoms with Crippen molar-refractivity contribution in [3.05, 3.63) is 60.2 Å². The predicted molar refractivity (Wildman–Crippen MR) is 116 cm³/mol. The average Bonchev–Trinajstić information content (AvgIpc) is 3.29. The van der Waals surface area contributed by atoms with Crippen molar-refractivity contribution in [2.45, 2.75) is 31.7 Å². The van der Waals surface area contributed by atoms with Crippen molar-refractivity contribution in [1.29, 1.82) is 0 Å². The molecule has 0 bridgehead atoms. The second kappa shape index (κ2) is 9.20. The highest BCUT2D eigenvalue weighted by Gasteiger charge is 2.36. The van der Waals surface area contributed by atoms with Gasteiger partial charge in [0.15, 0.2) is 0 Å². The van der Waals surface area contributed by atoms with E-state index in [-0.39, 0.29) is 23.9 Å². The second-order valence-corrected chi connectivity index (χ2v) is 8.02. The number of para-hydroxylation sites is 1. The first kappa shape index (κ1) is 20.3. The smallest absolute Gasteiger partial charge is 0.321 e. The van der Waals surface area contributed by atoms with E-state index in [0.29, 0.717) is 25.9 Å². The van der Waals surface area contributed by atoms with Gasteiger partial charge in [-0.3, -0.25) is 4.79 Å². The molecule has 6 nitrogen and oxygen atoms in total. The van der Waals surface area contributed by atoms with Crippen LogP contribution < -0.4 is 10.1 Å². The fourth-order valence-corrected chi connectivity index (χ4v) is 4.49. The Bertz CT molecular complexity index is 861. The summed E-state index contributed by atoms with van der Waals surface area (Å²) in [6, 6.07) is 17.6. The zero-order valence-corrected chi connectivity index (χ0v) is 17.4. The lowest BCUT2D eigenvalue weighted by Gasteiger charge is -2.35. The number of hydrogen-bond donors (Lipinski definition) is 1. The Morgan fingerprint density at radius 2 is 1.63 bits per heavy atom. The van der Waals surface area contributed by atoms with Crippen molar-refractivity contribution >= 4 is 17.6 Å². The van der Waals surface area contributed by atoms with E-state index in [1.165, 1.54) is 5.56 Å². The van der Waals surface area contributed by atoms with Crippen LogP contribution >= 0.6 is 0 Å². The van der Waals surface area contributed by atoms with Crippen molar-refractivity contribution in [3.8, 4) is 5.75 Å². The number of piperidine rings is 1. The number of nitrogens with zero attached hydrogens (tertiary/aromatic N) is 2. The van der Waals surface area contributed by atoms with Crippen LogP contribution in [0.25, 0.3) is 0 Å². The highest BCUT2D eigenvalue weighted by molar-refractivity contribution is 5.89. The summed E-state index contributed by atoms with van der Waals surface area (Å²) in [7, 11) is 1.66. The molecule has 2 fully saturated rings. The average molecular weight is 408 g/mol. The van der Waals surface area contributed by atoms with Gasteiger partial charge in [-0.15, -0.1) is 0 Å². The van der Waals surface area contributed by atoms with Crippen LogP contribution in [0.4, 0.5) is 10.5 Å². The minimum atomic E-state index is -0.0932. The lowest BCUT2D eigenvalue weighted by Crippen LogP contribution is -2.45. The Balaban J connectivity index is 1.33. The molecular formula is C24H29N3O3. The van der Waals surface area contributed by atoms with Crippen LogP contribution in [0, 0.1) is 5.92 Å². The van der Waals surface area contributed by atoms with Crippen LogP contribution in [-0.2, 0) is 4.79 Å². The van der Waals surface area contributed by atoms with Gasteiger partial charge in [0, 0.05) is 31.2 Å². The first-order valence-electron chi connectivity index (χ1n) is 10.7. The standard InChI is InChI=1S/C24H29N3O3/c1-30-21-11-9-18(10-12-21)22-8-5-15-27(22)23(28)19-13-16-26(17-14-19)24(29)25-20-6-3-2-4-7-20/h2-4,6-7,9-12,19,22H,5,8,13-17H2,1H3,(H,25,29)/t22-/m1/s1. The Hall–Kier alpha value is -3.02. The predicted octanol–water partition coefficient (Wildman–Crippen LogP) is 4.30. The topological polar surface area (TPSA) is 61.9 Å². The van der Waals surface area contributed by atoms with Crippen LogP contribution in [0.5, 0.6) is 5.75 Å². The molecule has 2 heterocycles. The molecule has 0 spiro atoms. The SMILES string of the molecule is COc1ccc([C@H]2CCCN2C(=O)C2CCN(C(=O)Nc3ccccc3)CC2)cc1. The lowest BCUT2D eigenvalue weighted by atomic mass is 9.94. The molecule has 2 aliphatic heterocycles. The molecule has 2 saturated heterocycles. The van der Waals surface area contributed by atoms with Crippen molar-refractivity contribution in [1.82, 2.24) is 9.80 Å². The van der Waals surface area contributed by atoms with Crippen molar-refractivity contribution < 1.29 is 14.3 Å². The molecule has 1 atom stereocenters. The summed E-state index contributed by atoms with van der Waals surface area (Å²) in [6.45, 7) is 2.02. The molecule has 30 heavy (non-hydrogen) atoms. The van der Waals surface area contributed by atoms with Gasteiger partial charge in [0.05, 0.1) is 13.2 Å². The quantitative estimate of drug-likeness (QED) is 0.822. The van der Waals surface area contributed by atoms with Gasteiger partial charge in [-0.05, 0) is 55.5 Å². The summed E-state index contributed by atoms with van der Waals surface area (Å²) in [6.07, 6.45) is 3.46. The maximum absolute atomic E-state index is 13.3. The molecule has 4 rings (SSSR count). The third-order valence-corrected chi connectivity index (χ3v) is 6.19. The van der Waals surface area contributed by atoms with Gasteiger partial charge in [-0.1, -0.05) is 30.3 Å². The number of rotatable bonds is 4. The molecule has 0 aromatic heterocycles.